The third kappa shape index (κ3) is 3.50. The Morgan fingerprint density at radius 1 is 1.38 bits per heavy atom. The first-order chi connectivity index (χ1) is 13.6. The van der Waals surface area contributed by atoms with Gasteiger partial charge in [-0.3, -0.25) is 4.68 Å². The molecule has 2 fully saturated rings. The summed E-state index contributed by atoms with van der Waals surface area (Å²) in [5.41, 5.74) is -0.298. The number of anilines is 3. The first-order valence-electron chi connectivity index (χ1n) is 9.56. The van der Waals surface area contributed by atoms with Crippen molar-refractivity contribution in [2.75, 3.05) is 10.6 Å². The molecule has 2 heterocycles. The number of aromatic nitrogens is 4. The first kappa shape index (κ1) is 19.5. The van der Waals surface area contributed by atoms with Crippen LogP contribution in [0, 0.1) is 24.2 Å². The Balaban J connectivity index is 1.62. The minimum Gasteiger partial charge on any atom is -0.364 e. The predicted octanol–water partition coefficient (Wildman–Crippen LogP) is 4.36. The molecule has 2 aromatic heterocycles. The smallest absolute Gasteiger partial charge is 0.364 e. The van der Waals surface area contributed by atoms with E-state index in [1.807, 2.05) is 13.8 Å². The minimum atomic E-state index is -4.54. The van der Waals surface area contributed by atoms with Crippen molar-refractivity contribution in [2.24, 2.45) is 5.92 Å². The summed E-state index contributed by atoms with van der Waals surface area (Å²) in [6.45, 7) is 5.67. The molecule has 0 amide bonds. The van der Waals surface area contributed by atoms with Crippen molar-refractivity contribution < 1.29 is 13.2 Å². The summed E-state index contributed by atoms with van der Waals surface area (Å²) in [7, 11) is 0. The van der Waals surface area contributed by atoms with E-state index < -0.39 is 11.7 Å². The molecule has 2 aliphatic carbocycles. The molecule has 2 aliphatic rings. The number of nitriles is 1. The van der Waals surface area contributed by atoms with Crippen molar-refractivity contribution in [1.29, 1.82) is 5.26 Å². The highest BCUT2D eigenvalue weighted by molar-refractivity contribution is 5.59. The van der Waals surface area contributed by atoms with Gasteiger partial charge in [0, 0.05) is 17.9 Å². The average Bonchev–Trinajstić information content (AvgIpc) is 3.53. The molecule has 2 saturated carbocycles. The number of hydrogen-bond donors (Lipinski definition) is 2. The lowest BCUT2D eigenvalue weighted by molar-refractivity contribution is -0.137. The van der Waals surface area contributed by atoms with Gasteiger partial charge in [-0.05, 0) is 39.5 Å². The molecule has 2 aromatic rings. The number of alkyl halides is 3. The molecule has 29 heavy (non-hydrogen) atoms. The van der Waals surface area contributed by atoms with Crippen molar-refractivity contribution in [2.45, 2.75) is 63.7 Å². The van der Waals surface area contributed by atoms with Crippen LogP contribution in [0.2, 0.25) is 0 Å². The Hall–Kier alpha value is -2.83. The normalized spacial score (nSPS) is 24.7. The van der Waals surface area contributed by atoms with Gasteiger partial charge in [0.15, 0.2) is 0 Å². The molecular formula is C19H22F3N7. The van der Waals surface area contributed by atoms with Crippen LogP contribution in [0.1, 0.15) is 50.8 Å². The van der Waals surface area contributed by atoms with Gasteiger partial charge in [0.1, 0.15) is 11.4 Å². The first-order valence-corrected chi connectivity index (χ1v) is 9.56. The van der Waals surface area contributed by atoms with Crippen molar-refractivity contribution in [3.63, 3.8) is 0 Å². The molecule has 1 unspecified atom stereocenters. The summed E-state index contributed by atoms with van der Waals surface area (Å²) < 4.78 is 41.8. The molecule has 0 aliphatic heterocycles. The van der Waals surface area contributed by atoms with Crippen LogP contribution in [0.5, 0.6) is 0 Å². The molecule has 0 spiro atoms. The van der Waals surface area contributed by atoms with Crippen LogP contribution in [-0.2, 0) is 11.7 Å². The van der Waals surface area contributed by atoms with Crippen molar-refractivity contribution in [3.05, 3.63) is 23.7 Å². The molecule has 154 valence electrons. The number of nitrogens with one attached hydrogen (secondary N) is 2. The third-order valence-electron chi connectivity index (χ3n) is 5.93. The molecule has 2 N–H and O–H groups in total. The van der Waals surface area contributed by atoms with E-state index in [2.05, 4.69) is 31.8 Å². The SMILES string of the molecule is CC[C@@]1(n2cc(Nc3ncc(C(F)(F)F)c(NC4(C)CC4)n3)c(C)n2)CC1C#N. The lowest BCUT2D eigenvalue weighted by Gasteiger charge is -2.18. The Morgan fingerprint density at radius 3 is 2.66 bits per heavy atom. The summed E-state index contributed by atoms with van der Waals surface area (Å²) >= 11 is 0. The number of nitrogens with zero attached hydrogens (tertiary/aromatic N) is 5. The molecule has 2 atom stereocenters. The Kier molecular flexibility index (Phi) is 4.26. The zero-order valence-electron chi connectivity index (χ0n) is 16.4. The Morgan fingerprint density at radius 2 is 2.10 bits per heavy atom. The highest BCUT2D eigenvalue weighted by Crippen LogP contribution is 2.52. The molecule has 7 nitrogen and oxygen atoms in total. The van der Waals surface area contributed by atoms with Crippen LogP contribution in [0.3, 0.4) is 0 Å². The van der Waals surface area contributed by atoms with E-state index in [4.69, 9.17) is 0 Å². The van der Waals surface area contributed by atoms with E-state index in [9.17, 15) is 18.4 Å². The quantitative estimate of drug-likeness (QED) is 0.742. The fourth-order valence-electron chi connectivity index (χ4n) is 3.54. The van der Waals surface area contributed by atoms with Crippen LogP contribution in [-0.4, -0.2) is 25.3 Å². The van der Waals surface area contributed by atoms with E-state index >= 15 is 0 Å². The number of halogens is 3. The van der Waals surface area contributed by atoms with Gasteiger partial charge in [-0.1, -0.05) is 6.92 Å². The summed E-state index contributed by atoms with van der Waals surface area (Å²) in [5.74, 6) is -0.251. The zero-order valence-corrected chi connectivity index (χ0v) is 16.4. The van der Waals surface area contributed by atoms with Gasteiger partial charge in [-0.15, -0.1) is 0 Å². The van der Waals surface area contributed by atoms with Gasteiger partial charge in [-0.2, -0.15) is 28.5 Å². The minimum absolute atomic E-state index is 0.0607. The molecule has 4 rings (SSSR count). The fourth-order valence-corrected chi connectivity index (χ4v) is 3.54. The van der Waals surface area contributed by atoms with E-state index in [-0.39, 0.29) is 28.8 Å². The second-order valence-electron chi connectivity index (χ2n) is 8.18. The number of hydrogen-bond acceptors (Lipinski definition) is 6. The van der Waals surface area contributed by atoms with E-state index in [0.717, 1.165) is 31.9 Å². The van der Waals surface area contributed by atoms with Gasteiger partial charge in [-0.25, -0.2) is 4.98 Å². The van der Waals surface area contributed by atoms with Crippen molar-refractivity contribution in [1.82, 2.24) is 19.7 Å². The molecule has 0 saturated heterocycles. The van der Waals surface area contributed by atoms with Crippen LogP contribution < -0.4 is 10.6 Å². The van der Waals surface area contributed by atoms with Crippen LogP contribution >= 0.6 is 0 Å². The van der Waals surface area contributed by atoms with Gasteiger partial charge in [0.2, 0.25) is 5.95 Å². The maximum atomic E-state index is 13.3. The summed E-state index contributed by atoms with van der Waals surface area (Å²) in [4.78, 5) is 7.96. The maximum absolute atomic E-state index is 13.3. The standard InChI is InChI=1S/C19H22F3N7/c1-4-18(7-12(18)8-23)29-10-14(11(2)28-29)25-16-24-9-13(19(20,21)22)15(26-16)27-17(3)5-6-17/h9-10,12H,4-7H2,1-3H3,(H2,24,25,26,27)/t12?,18-/m1/s1. The summed E-state index contributed by atoms with van der Waals surface area (Å²) in [5, 5.41) is 19.6. The van der Waals surface area contributed by atoms with E-state index in [1.165, 1.54) is 0 Å². The van der Waals surface area contributed by atoms with Crippen molar-refractivity contribution >= 4 is 17.5 Å². The number of rotatable bonds is 6. The number of aryl methyl sites for hydroxylation is 1. The Bertz CT molecular complexity index is 987. The van der Waals surface area contributed by atoms with Gasteiger partial charge >= 0.3 is 6.18 Å². The third-order valence-corrected chi connectivity index (χ3v) is 5.93. The molecule has 0 aromatic carbocycles. The van der Waals surface area contributed by atoms with E-state index in [1.54, 1.807) is 17.8 Å². The molecular weight excluding hydrogens is 383 g/mol. The lowest BCUT2D eigenvalue weighted by Crippen LogP contribution is -2.21. The summed E-state index contributed by atoms with van der Waals surface area (Å²) in [6, 6.07) is 2.29. The predicted molar refractivity (Wildman–Crippen MR) is 101 cm³/mol. The van der Waals surface area contributed by atoms with Crippen LogP contribution in [0.25, 0.3) is 0 Å². The van der Waals surface area contributed by atoms with Crippen LogP contribution in [0.4, 0.5) is 30.6 Å². The molecule has 0 bridgehead atoms. The summed E-state index contributed by atoms with van der Waals surface area (Å²) in [6.07, 6.45) is 1.12. The highest BCUT2D eigenvalue weighted by atomic mass is 19.4. The molecule has 10 heteroatoms. The fraction of sp³-hybridized carbons (Fsp3) is 0.579. The van der Waals surface area contributed by atoms with Crippen LogP contribution in [0.15, 0.2) is 12.4 Å². The zero-order chi connectivity index (χ0) is 21.0. The lowest BCUT2D eigenvalue weighted by atomic mass is 10.1. The van der Waals surface area contributed by atoms with Gasteiger partial charge in [0.25, 0.3) is 0 Å². The monoisotopic (exact) mass is 405 g/mol. The van der Waals surface area contributed by atoms with Gasteiger partial charge in [0.05, 0.1) is 28.9 Å². The Labute approximate surface area is 166 Å². The van der Waals surface area contributed by atoms with Gasteiger partial charge < -0.3 is 10.6 Å². The second-order valence-corrected chi connectivity index (χ2v) is 8.18. The highest BCUT2D eigenvalue weighted by Gasteiger charge is 2.56. The van der Waals surface area contributed by atoms with E-state index in [0.29, 0.717) is 11.4 Å². The topological polar surface area (TPSA) is 91.4 Å². The second kappa shape index (κ2) is 6.34. The average molecular weight is 405 g/mol. The molecule has 0 radical (unpaired) electrons. The van der Waals surface area contributed by atoms with Crippen molar-refractivity contribution in [3.8, 4) is 6.07 Å². The maximum Gasteiger partial charge on any atom is 0.421 e. The largest absolute Gasteiger partial charge is 0.421 e.